The number of nitrogens with one attached hydrogen (secondary N) is 3. The molecule has 1 saturated heterocycles. The van der Waals surface area contributed by atoms with Crippen molar-refractivity contribution in [3.63, 3.8) is 0 Å². The topological polar surface area (TPSA) is 151 Å². The SMILES string of the molecule is NC(=O)CCC(NC(=O)C(CS)NC(=O)C1CCCN1)C(=O)O. The molecule has 1 rings (SSSR count). The van der Waals surface area contributed by atoms with Crippen LogP contribution in [0.4, 0.5) is 0 Å². The second-order valence-corrected chi connectivity index (χ2v) is 5.66. The smallest absolute Gasteiger partial charge is 0.326 e. The lowest BCUT2D eigenvalue weighted by molar-refractivity contribution is -0.142. The van der Waals surface area contributed by atoms with E-state index in [4.69, 9.17) is 10.8 Å². The van der Waals surface area contributed by atoms with Crippen molar-refractivity contribution in [1.29, 1.82) is 0 Å². The minimum atomic E-state index is -1.28. The van der Waals surface area contributed by atoms with Crippen molar-refractivity contribution in [1.82, 2.24) is 16.0 Å². The molecule has 1 aliphatic rings. The number of rotatable bonds is 9. The number of hydrogen-bond acceptors (Lipinski definition) is 6. The predicted molar refractivity (Wildman–Crippen MR) is 84.8 cm³/mol. The van der Waals surface area contributed by atoms with E-state index in [0.717, 1.165) is 13.0 Å². The Labute approximate surface area is 139 Å². The van der Waals surface area contributed by atoms with Crippen LogP contribution < -0.4 is 21.7 Å². The number of hydrogen-bond donors (Lipinski definition) is 6. The van der Waals surface area contributed by atoms with Crippen LogP contribution in [0.1, 0.15) is 25.7 Å². The molecule has 0 bridgehead atoms. The van der Waals surface area contributed by atoms with Gasteiger partial charge in [-0.05, 0) is 25.8 Å². The summed E-state index contributed by atoms with van der Waals surface area (Å²) in [5.41, 5.74) is 4.97. The summed E-state index contributed by atoms with van der Waals surface area (Å²) in [5, 5.41) is 16.9. The van der Waals surface area contributed by atoms with Gasteiger partial charge in [0, 0.05) is 12.2 Å². The molecule has 10 heteroatoms. The molecule has 0 spiro atoms. The van der Waals surface area contributed by atoms with Gasteiger partial charge in [0.2, 0.25) is 17.7 Å². The zero-order chi connectivity index (χ0) is 17.4. The van der Waals surface area contributed by atoms with Crippen LogP contribution in [-0.4, -0.2) is 59.2 Å². The largest absolute Gasteiger partial charge is 0.480 e. The standard InChI is InChI=1S/C13H22N4O5S/c14-10(18)4-3-8(13(21)22)16-12(20)9(6-23)17-11(19)7-2-1-5-15-7/h7-9,15,23H,1-6H2,(H2,14,18)(H,16,20)(H,17,19)(H,21,22). The van der Waals surface area contributed by atoms with Crippen LogP contribution in [0, 0.1) is 0 Å². The van der Waals surface area contributed by atoms with Crippen molar-refractivity contribution in [3.05, 3.63) is 0 Å². The van der Waals surface area contributed by atoms with Crippen molar-refractivity contribution in [3.8, 4) is 0 Å². The monoisotopic (exact) mass is 346 g/mol. The summed E-state index contributed by atoms with van der Waals surface area (Å²) in [5.74, 6) is -2.89. The van der Waals surface area contributed by atoms with E-state index in [0.29, 0.717) is 6.42 Å². The molecular formula is C13H22N4O5S. The average Bonchev–Trinajstić information content (AvgIpc) is 3.02. The molecule has 0 aromatic carbocycles. The van der Waals surface area contributed by atoms with Gasteiger partial charge in [-0.3, -0.25) is 14.4 Å². The molecule has 23 heavy (non-hydrogen) atoms. The molecule has 0 radical (unpaired) electrons. The van der Waals surface area contributed by atoms with Crippen LogP contribution in [0.25, 0.3) is 0 Å². The van der Waals surface area contributed by atoms with Gasteiger partial charge in [0.15, 0.2) is 0 Å². The first-order valence-electron chi connectivity index (χ1n) is 7.31. The highest BCUT2D eigenvalue weighted by Gasteiger charge is 2.29. The lowest BCUT2D eigenvalue weighted by Crippen LogP contribution is -2.55. The summed E-state index contributed by atoms with van der Waals surface area (Å²) >= 11 is 4.01. The van der Waals surface area contributed by atoms with E-state index in [1.54, 1.807) is 0 Å². The van der Waals surface area contributed by atoms with Gasteiger partial charge < -0.3 is 26.8 Å². The molecule has 0 aromatic rings. The summed E-state index contributed by atoms with van der Waals surface area (Å²) < 4.78 is 0. The first-order chi connectivity index (χ1) is 10.8. The predicted octanol–water partition coefficient (Wildman–Crippen LogP) is -2.01. The quantitative estimate of drug-likeness (QED) is 0.265. The van der Waals surface area contributed by atoms with Gasteiger partial charge in [0.1, 0.15) is 12.1 Å². The van der Waals surface area contributed by atoms with Gasteiger partial charge in [-0.25, -0.2) is 4.79 Å². The number of carbonyl (C=O) groups is 4. The molecule has 0 aromatic heterocycles. The van der Waals surface area contributed by atoms with Gasteiger partial charge in [-0.1, -0.05) is 0 Å². The molecule has 9 nitrogen and oxygen atoms in total. The fourth-order valence-electron chi connectivity index (χ4n) is 2.19. The van der Waals surface area contributed by atoms with E-state index < -0.39 is 29.9 Å². The van der Waals surface area contributed by atoms with Crippen LogP contribution in [-0.2, 0) is 19.2 Å². The number of primary amides is 1. The van der Waals surface area contributed by atoms with Crippen molar-refractivity contribution < 1.29 is 24.3 Å². The van der Waals surface area contributed by atoms with E-state index in [-0.39, 0.29) is 30.5 Å². The number of aliphatic carboxylic acids is 1. The van der Waals surface area contributed by atoms with E-state index >= 15 is 0 Å². The van der Waals surface area contributed by atoms with Crippen molar-refractivity contribution >= 4 is 36.3 Å². The van der Waals surface area contributed by atoms with Crippen molar-refractivity contribution in [2.45, 2.75) is 43.8 Å². The van der Waals surface area contributed by atoms with Crippen LogP contribution in [0.15, 0.2) is 0 Å². The molecule has 130 valence electrons. The molecule has 3 amide bonds. The molecule has 6 N–H and O–H groups in total. The fraction of sp³-hybridized carbons (Fsp3) is 0.692. The average molecular weight is 346 g/mol. The third-order valence-corrected chi connectivity index (χ3v) is 3.85. The van der Waals surface area contributed by atoms with Crippen molar-refractivity contribution in [2.24, 2.45) is 5.73 Å². The lowest BCUT2D eigenvalue weighted by Gasteiger charge is -2.21. The first-order valence-corrected chi connectivity index (χ1v) is 7.94. The Kier molecular flexibility index (Phi) is 7.83. The number of carbonyl (C=O) groups excluding carboxylic acids is 3. The van der Waals surface area contributed by atoms with Gasteiger partial charge >= 0.3 is 5.97 Å². The summed E-state index contributed by atoms with van der Waals surface area (Å²) in [6.07, 6.45) is 1.28. The fourth-order valence-corrected chi connectivity index (χ4v) is 2.45. The molecule has 0 saturated carbocycles. The van der Waals surface area contributed by atoms with Crippen LogP contribution in [0.5, 0.6) is 0 Å². The summed E-state index contributed by atoms with van der Waals surface area (Å²) in [4.78, 5) is 45.9. The maximum atomic E-state index is 12.1. The summed E-state index contributed by atoms with van der Waals surface area (Å²) in [7, 11) is 0. The highest BCUT2D eigenvalue weighted by Crippen LogP contribution is 2.06. The van der Waals surface area contributed by atoms with Gasteiger partial charge in [-0.2, -0.15) is 12.6 Å². The number of carboxylic acid groups (broad SMARTS) is 1. The molecule has 1 heterocycles. The number of nitrogens with two attached hydrogens (primary N) is 1. The Balaban J connectivity index is 2.57. The first kappa shape index (κ1) is 19.2. The maximum Gasteiger partial charge on any atom is 0.326 e. The molecule has 3 unspecified atom stereocenters. The molecular weight excluding hydrogens is 324 g/mol. The van der Waals surface area contributed by atoms with E-state index in [1.165, 1.54) is 0 Å². The van der Waals surface area contributed by atoms with Crippen LogP contribution >= 0.6 is 12.6 Å². The van der Waals surface area contributed by atoms with Gasteiger partial charge in [0.25, 0.3) is 0 Å². The number of thiol groups is 1. The zero-order valence-electron chi connectivity index (χ0n) is 12.6. The van der Waals surface area contributed by atoms with Crippen molar-refractivity contribution in [2.75, 3.05) is 12.3 Å². The third kappa shape index (κ3) is 6.45. The van der Waals surface area contributed by atoms with E-state index in [2.05, 4.69) is 28.6 Å². The summed E-state index contributed by atoms with van der Waals surface area (Å²) in [6, 6.07) is -2.56. The highest BCUT2D eigenvalue weighted by molar-refractivity contribution is 7.80. The Morgan fingerprint density at radius 1 is 1.26 bits per heavy atom. The second kappa shape index (κ2) is 9.36. The third-order valence-electron chi connectivity index (χ3n) is 3.49. The Hall–Kier alpha value is -1.81. The number of amides is 3. The minimum absolute atomic E-state index is 0.0203. The van der Waals surface area contributed by atoms with Gasteiger partial charge in [0.05, 0.1) is 6.04 Å². The zero-order valence-corrected chi connectivity index (χ0v) is 13.5. The molecule has 0 aliphatic carbocycles. The highest BCUT2D eigenvalue weighted by atomic mass is 32.1. The normalized spacial score (nSPS) is 19.6. The summed E-state index contributed by atoms with van der Waals surface area (Å²) in [6.45, 7) is 0.740. The van der Waals surface area contributed by atoms with E-state index in [1.807, 2.05) is 0 Å². The van der Waals surface area contributed by atoms with Crippen LogP contribution in [0.2, 0.25) is 0 Å². The Bertz CT molecular complexity index is 467. The minimum Gasteiger partial charge on any atom is -0.480 e. The second-order valence-electron chi connectivity index (χ2n) is 5.30. The van der Waals surface area contributed by atoms with Gasteiger partial charge in [-0.15, -0.1) is 0 Å². The Morgan fingerprint density at radius 3 is 2.43 bits per heavy atom. The molecule has 3 atom stereocenters. The Morgan fingerprint density at radius 2 is 1.96 bits per heavy atom. The lowest BCUT2D eigenvalue weighted by atomic mass is 10.1. The molecule has 1 aliphatic heterocycles. The maximum absolute atomic E-state index is 12.1. The van der Waals surface area contributed by atoms with E-state index in [9.17, 15) is 19.2 Å². The number of carboxylic acids is 1. The molecule has 1 fully saturated rings. The van der Waals surface area contributed by atoms with Crippen LogP contribution in [0.3, 0.4) is 0 Å².